The highest BCUT2D eigenvalue weighted by Gasteiger charge is 2.33. The molecule has 1 aromatic rings. The van der Waals surface area contributed by atoms with E-state index in [2.05, 4.69) is 10.2 Å². The Kier molecular flexibility index (Phi) is 3.50. The van der Waals surface area contributed by atoms with Crippen molar-refractivity contribution in [3.8, 4) is 0 Å². The molecule has 0 radical (unpaired) electrons. The Bertz CT molecular complexity index is 483. The smallest absolute Gasteiger partial charge is 0.246 e. The van der Waals surface area contributed by atoms with E-state index >= 15 is 0 Å². The van der Waals surface area contributed by atoms with Crippen LogP contribution in [0.1, 0.15) is 12.1 Å². The molecule has 1 fully saturated rings. The highest BCUT2D eigenvalue weighted by Crippen LogP contribution is 2.25. The van der Waals surface area contributed by atoms with Gasteiger partial charge in [-0.25, -0.2) is 8.42 Å². The van der Waals surface area contributed by atoms with Gasteiger partial charge in [0.25, 0.3) is 0 Å². The Hall–Kier alpha value is -0.920. The van der Waals surface area contributed by atoms with Gasteiger partial charge < -0.3 is 4.74 Å². The molecule has 1 aliphatic rings. The maximum absolute atomic E-state index is 12.3. The average molecular weight is 259 g/mol. The van der Waals surface area contributed by atoms with Crippen LogP contribution in [-0.2, 0) is 14.8 Å². The van der Waals surface area contributed by atoms with E-state index in [0.29, 0.717) is 31.3 Å². The quantitative estimate of drug-likeness (QED) is 0.848. The summed E-state index contributed by atoms with van der Waals surface area (Å²) in [5.74, 6) is 0.294. The van der Waals surface area contributed by atoms with Crippen LogP contribution in [0.2, 0.25) is 0 Å². The molecular weight excluding hydrogens is 242 g/mol. The van der Waals surface area contributed by atoms with Gasteiger partial charge in [-0.15, -0.1) is 0 Å². The molecule has 1 N–H and O–H groups in total. The van der Waals surface area contributed by atoms with Crippen molar-refractivity contribution in [1.82, 2.24) is 14.5 Å². The molecule has 1 aliphatic heterocycles. The van der Waals surface area contributed by atoms with E-state index in [9.17, 15) is 8.42 Å². The number of hydrogen-bond acceptors (Lipinski definition) is 4. The summed E-state index contributed by atoms with van der Waals surface area (Å²) in [4.78, 5) is 0.274. The minimum atomic E-state index is -3.39. The van der Waals surface area contributed by atoms with E-state index in [0.717, 1.165) is 6.42 Å². The molecule has 0 aromatic carbocycles. The first kappa shape index (κ1) is 12.5. The number of nitrogens with one attached hydrogen (secondary N) is 1. The minimum absolute atomic E-state index is 0.274. The normalized spacial score (nSPS) is 22.1. The van der Waals surface area contributed by atoms with Crippen LogP contribution in [0.4, 0.5) is 0 Å². The van der Waals surface area contributed by atoms with Crippen molar-refractivity contribution in [3.05, 3.63) is 11.9 Å². The zero-order valence-corrected chi connectivity index (χ0v) is 10.8. The summed E-state index contributed by atoms with van der Waals surface area (Å²) in [5, 5.41) is 6.41. The van der Waals surface area contributed by atoms with Crippen molar-refractivity contribution in [3.63, 3.8) is 0 Å². The van der Waals surface area contributed by atoms with Crippen LogP contribution in [0.25, 0.3) is 0 Å². The summed E-state index contributed by atoms with van der Waals surface area (Å²) in [6.07, 6.45) is 2.22. The van der Waals surface area contributed by atoms with Gasteiger partial charge in [0.15, 0.2) is 0 Å². The van der Waals surface area contributed by atoms with Gasteiger partial charge >= 0.3 is 0 Å². The molecule has 0 saturated carbocycles. The van der Waals surface area contributed by atoms with Gasteiger partial charge in [0.2, 0.25) is 10.0 Å². The molecular formula is C10H17N3O3S. The number of H-pyrrole nitrogens is 1. The van der Waals surface area contributed by atoms with Gasteiger partial charge in [-0.3, -0.25) is 5.10 Å². The lowest BCUT2D eigenvalue weighted by atomic mass is 10.1. The Labute approximate surface area is 101 Å². The first-order valence-corrected chi connectivity index (χ1v) is 6.98. The van der Waals surface area contributed by atoms with Crippen molar-refractivity contribution in [2.45, 2.75) is 18.2 Å². The highest BCUT2D eigenvalue weighted by molar-refractivity contribution is 7.89. The third kappa shape index (κ3) is 2.36. The molecule has 96 valence electrons. The molecule has 1 atom stereocenters. The lowest BCUT2D eigenvalue weighted by molar-refractivity contribution is 0.157. The van der Waals surface area contributed by atoms with Crippen LogP contribution in [0, 0.1) is 12.8 Å². The number of sulfonamides is 1. The maximum atomic E-state index is 12.3. The number of aromatic nitrogens is 2. The summed E-state index contributed by atoms with van der Waals surface area (Å²) in [5.41, 5.74) is 0.584. The van der Waals surface area contributed by atoms with Crippen molar-refractivity contribution >= 4 is 10.0 Å². The third-order valence-electron chi connectivity index (χ3n) is 3.05. The molecule has 1 aromatic heterocycles. The first-order chi connectivity index (χ1) is 8.05. The number of nitrogens with zero attached hydrogens (tertiary/aromatic N) is 2. The molecule has 6 nitrogen and oxygen atoms in total. The van der Waals surface area contributed by atoms with Gasteiger partial charge in [-0.05, 0) is 19.3 Å². The SMILES string of the molecule is COCC1CCN(S(=O)(=O)c2cn[nH]c2C)C1. The van der Waals surface area contributed by atoms with E-state index in [1.54, 1.807) is 14.0 Å². The summed E-state index contributed by atoms with van der Waals surface area (Å²) in [7, 11) is -1.76. The standard InChI is InChI=1S/C10H17N3O3S/c1-8-10(5-11-12-8)17(14,15)13-4-3-9(6-13)7-16-2/h5,9H,3-4,6-7H2,1-2H3,(H,11,12). The maximum Gasteiger partial charge on any atom is 0.246 e. The number of hydrogen-bond donors (Lipinski definition) is 1. The molecule has 7 heteroatoms. The zero-order chi connectivity index (χ0) is 12.5. The predicted octanol–water partition coefficient (Wildman–Crippen LogP) is 0.375. The molecule has 0 bridgehead atoms. The second-order valence-corrected chi connectivity index (χ2v) is 6.24. The van der Waals surface area contributed by atoms with E-state index in [1.807, 2.05) is 0 Å². The molecule has 0 spiro atoms. The Morgan fingerprint density at radius 3 is 3.00 bits per heavy atom. The van der Waals surface area contributed by atoms with Crippen molar-refractivity contribution < 1.29 is 13.2 Å². The highest BCUT2D eigenvalue weighted by atomic mass is 32.2. The van der Waals surface area contributed by atoms with Crippen LogP contribution >= 0.6 is 0 Å². The molecule has 2 heterocycles. The van der Waals surface area contributed by atoms with Gasteiger partial charge in [-0.1, -0.05) is 0 Å². The summed E-state index contributed by atoms with van der Waals surface area (Å²) < 4.78 is 31.2. The van der Waals surface area contributed by atoms with Crippen LogP contribution in [-0.4, -0.2) is 49.7 Å². The second-order valence-electron chi connectivity index (χ2n) is 4.33. The number of aromatic amines is 1. The largest absolute Gasteiger partial charge is 0.384 e. The zero-order valence-electron chi connectivity index (χ0n) is 10.0. The molecule has 0 amide bonds. The van der Waals surface area contributed by atoms with Crippen LogP contribution < -0.4 is 0 Å². The van der Waals surface area contributed by atoms with E-state index in [4.69, 9.17) is 4.74 Å². The fraction of sp³-hybridized carbons (Fsp3) is 0.700. The van der Waals surface area contributed by atoms with Crippen LogP contribution in [0.3, 0.4) is 0 Å². The average Bonchev–Trinajstić information content (AvgIpc) is 2.87. The monoisotopic (exact) mass is 259 g/mol. The van der Waals surface area contributed by atoms with Crippen molar-refractivity contribution in [1.29, 1.82) is 0 Å². The topological polar surface area (TPSA) is 75.3 Å². The molecule has 2 rings (SSSR count). The first-order valence-electron chi connectivity index (χ1n) is 5.54. The van der Waals surface area contributed by atoms with Crippen LogP contribution in [0.5, 0.6) is 0 Å². The van der Waals surface area contributed by atoms with Gasteiger partial charge in [0, 0.05) is 20.2 Å². The second kappa shape index (κ2) is 4.75. The van der Waals surface area contributed by atoms with Crippen molar-refractivity contribution in [2.75, 3.05) is 26.8 Å². The fourth-order valence-corrected chi connectivity index (χ4v) is 3.78. The summed E-state index contributed by atoms with van der Waals surface area (Å²) in [6, 6.07) is 0. The summed E-state index contributed by atoms with van der Waals surface area (Å²) in [6.45, 7) is 3.40. The predicted molar refractivity (Wildman–Crippen MR) is 62.1 cm³/mol. The molecule has 0 aliphatic carbocycles. The van der Waals surface area contributed by atoms with E-state index < -0.39 is 10.0 Å². The Balaban J connectivity index is 2.16. The lowest BCUT2D eigenvalue weighted by Crippen LogP contribution is -2.29. The number of methoxy groups -OCH3 is 1. The molecule has 1 unspecified atom stereocenters. The number of rotatable bonds is 4. The minimum Gasteiger partial charge on any atom is -0.384 e. The van der Waals surface area contributed by atoms with Crippen LogP contribution in [0.15, 0.2) is 11.1 Å². The van der Waals surface area contributed by atoms with Crippen molar-refractivity contribution in [2.24, 2.45) is 5.92 Å². The van der Waals surface area contributed by atoms with Gasteiger partial charge in [-0.2, -0.15) is 9.40 Å². The number of ether oxygens (including phenoxy) is 1. The number of aryl methyl sites for hydroxylation is 1. The molecule has 1 saturated heterocycles. The fourth-order valence-electron chi connectivity index (χ4n) is 2.13. The van der Waals surface area contributed by atoms with E-state index in [-0.39, 0.29) is 4.90 Å². The molecule has 17 heavy (non-hydrogen) atoms. The lowest BCUT2D eigenvalue weighted by Gasteiger charge is -2.15. The van der Waals surface area contributed by atoms with Gasteiger partial charge in [0.1, 0.15) is 4.90 Å². The Morgan fingerprint density at radius 2 is 2.41 bits per heavy atom. The summed E-state index contributed by atoms with van der Waals surface area (Å²) >= 11 is 0. The third-order valence-corrected chi connectivity index (χ3v) is 5.03. The van der Waals surface area contributed by atoms with E-state index in [1.165, 1.54) is 10.5 Å². The Morgan fingerprint density at radius 1 is 1.65 bits per heavy atom. The van der Waals surface area contributed by atoms with Gasteiger partial charge in [0.05, 0.1) is 18.5 Å².